The second-order valence-electron chi connectivity index (χ2n) is 3.59. The first-order valence-corrected chi connectivity index (χ1v) is 6.48. The van der Waals surface area contributed by atoms with Crippen LogP contribution in [-0.4, -0.2) is 34.6 Å². The van der Waals surface area contributed by atoms with Gasteiger partial charge in [-0.3, -0.25) is 0 Å². The zero-order valence-electron chi connectivity index (χ0n) is 10.8. The van der Waals surface area contributed by atoms with E-state index in [2.05, 4.69) is 15.0 Å². The maximum Gasteiger partial charge on any atom is 0.358 e. The Morgan fingerprint density at radius 3 is 2.89 bits per heavy atom. The Morgan fingerprint density at radius 2 is 2.21 bits per heavy atom. The molecule has 19 heavy (non-hydrogen) atoms. The molecule has 2 aromatic heterocycles. The number of thiazole rings is 1. The largest absolute Gasteiger partial charge is 0.481 e. The number of hydrogen-bond donors (Lipinski definition) is 0. The second kappa shape index (κ2) is 5.75. The molecule has 0 aromatic carbocycles. The quantitative estimate of drug-likeness (QED) is 0.798. The summed E-state index contributed by atoms with van der Waals surface area (Å²) in [6, 6.07) is 1.67. The molecule has 0 fully saturated rings. The summed E-state index contributed by atoms with van der Waals surface area (Å²) in [4.78, 5) is 24.8. The summed E-state index contributed by atoms with van der Waals surface area (Å²) in [6.07, 6.45) is 1.40. The van der Waals surface area contributed by atoms with Gasteiger partial charge in [-0.15, -0.1) is 11.3 Å². The van der Waals surface area contributed by atoms with E-state index in [1.165, 1.54) is 24.8 Å². The highest BCUT2D eigenvalue weighted by Crippen LogP contribution is 2.27. The predicted octanol–water partition coefficient (Wildman–Crippen LogP) is 2.09. The molecule has 0 aliphatic rings. The number of esters is 1. The lowest BCUT2D eigenvalue weighted by molar-refractivity contribution is 0.0519. The van der Waals surface area contributed by atoms with E-state index in [1.54, 1.807) is 13.0 Å². The number of hydrogen-bond acceptors (Lipinski definition) is 7. The smallest absolute Gasteiger partial charge is 0.358 e. The maximum atomic E-state index is 11.7. The van der Waals surface area contributed by atoms with Crippen LogP contribution in [0.4, 0.5) is 0 Å². The van der Waals surface area contributed by atoms with Crippen LogP contribution in [0.5, 0.6) is 5.88 Å². The van der Waals surface area contributed by atoms with Crippen molar-refractivity contribution >= 4 is 17.3 Å². The second-order valence-corrected chi connectivity index (χ2v) is 4.79. The molecule has 0 amide bonds. The number of nitrogens with zero attached hydrogens (tertiary/aromatic N) is 3. The number of methoxy groups -OCH3 is 1. The normalized spacial score (nSPS) is 10.3. The highest BCUT2D eigenvalue weighted by atomic mass is 32.1. The SMILES string of the molecule is CCOC(=O)c1nc(-c2cc(OC)ncn2)sc1C. The molecule has 2 heterocycles. The zero-order valence-corrected chi connectivity index (χ0v) is 11.7. The van der Waals surface area contributed by atoms with Crippen LogP contribution in [0.2, 0.25) is 0 Å². The van der Waals surface area contributed by atoms with E-state index in [-0.39, 0.29) is 0 Å². The van der Waals surface area contributed by atoms with Crippen LogP contribution in [0.3, 0.4) is 0 Å². The van der Waals surface area contributed by atoms with Gasteiger partial charge >= 0.3 is 5.97 Å². The van der Waals surface area contributed by atoms with E-state index in [4.69, 9.17) is 9.47 Å². The van der Waals surface area contributed by atoms with Crippen molar-refractivity contribution in [3.05, 3.63) is 23.0 Å². The van der Waals surface area contributed by atoms with Crippen molar-refractivity contribution in [3.8, 4) is 16.6 Å². The van der Waals surface area contributed by atoms with Crippen LogP contribution in [0.1, 0.15) is 22.3 Å². The molecule has 0 saturated heterocycles. The molecule has 0 saturated carbocycles. The van der Waals surface area contributed by atoms with E-state index in [0.717, 1.165) is 4.88 Å². The minimum atomic E-state index is -0.413. The van der Waals surface area contributed by atoms with Gasteiger partial charge in [-0.05, 0) is 13.8 Å². The molecular formula is C12H13N3O3S. The van der Waals surface area contributed by atoms with Crippen LogP contribution in [0, 0.1) is 6.92 Å². The zero-order chi connectivity index (χ0) is 13.8. The number of carbonyl (C=O) groups excluding carboxylic acids is 1. The standard InChI is InChI=1S/C12H13N3O3S/c1-4-18-12(16)10-7(2)19-11(15-10)8-5-9(17-3)14-6-13-8/h5-6H,4H2,1-3H3. The molecule has 6 nitrogen and oxygen atoms in total. The summed E-state index contributed by atoms with van der Waals surface area (Å²) in [5.41, 5.74) is 0.954. The average molecular weight is 279 g/mol. The van der Waals surface area contributed by atoms with E-state index >= 15 is 0 Å². The minimum Gasteiger partial charge on any atom is -0.481 e. The molecule has 0 unspecified atom stereocenters. The fourth-order valence-corrected chi connectivity index (χ4v) is 2.33. The van der Waals surface area contributed by atoms with Crippen LogP contribution in [0.15, 0.2) is 12.4 Å². The molecule has 0 atom stereocenters. The first-order chi connectivity index (χ1) is 9.15. The molecule has 0 aliphatic heterocycles. The predicted molar refractivity (Wildman–Crippen MR) is 70.4 cm³/mol. The highest BCUT2D eigenvalue weighted by Gasteiger charge is 2.18. The van der Waals surface area contributed by atoms with Gasteiger partial charge in [-0.2, -0.15) is 0 Å². The molecule has 2 rings (SSSR count). The molecule has 2 aromatic rings. The van der Waals surface area contributed by atoms with Gasteiger partial charge in [-0.1, -0.05) is 0 Å². The monoisotopic (exact) mass is 279 g/mol. The Morgan fingerprint density at radius 1 is 1.42 bits per heavy atom. The van der Waals surface area contributed by atoms with Gasteiger partial charge in [0.15, 0.2) is 5.69 Å². The Balaban J connectivity index is 2.36. The number of aryl methyl sites for hydroxylation is 1. The Labute approximate surface area is 114 Å². The minimum absolute atomic E-state index is 0.326. The first-order valence-electron chi connectivity index (χ1n) is 5.66. The summed E-state index contributed by atoms with van der Waals surface area (Å²) in [6.45, 7) is 3.91. The summed E-state index contributed by atoms with van der Waals surface area (Å²) in [7, 11) is 1.53. The van der Waals surface area contributed by atoms with Gasteiger partial charge in [0.2, 0.25) is 5.88 Å². The number of ether oxygens (including phenoxy) is 2. The first kappa shape index (κ1) is 13.4. The molecule has 0 N–H and O–H groups in total. The lowest BCUT2D eigenvalue weighted by Crippen LogP contribution is -2.06. The molecule has 0 bridgehead atoms. The van der Waals surface area contributed by atoms with Gasteiger partial charge in [-0.25, -0.2) is 19.7 Å². The van der Waals surface area contributed by atoms with Gasteiger partial charge < -0.3 is 9.47 Å². The highest BCUT2D eigenvalue weighted by molar-refractivity contribution is 7.15. The lowest BCUT2D eigenvalue weighted by Gasteiger charge is -1.99. The van der Waals surface area contributed by atoms with Crippen molar-refractivity contribution in [1.29, 1.82) is 0 Å². The molecule has 0 spiro atoms. The van der Waals surface area contributed by atoms with E-state index < -0.39 is 5.97 Å². The van der Waals surface area contributed by atoms with Crippen molar-refractivity contribution in [2.75, 3.05) is 13.7 Å². The van der Waals surface area contributed by atoms with Crippen LogP contribution < -0.4 is 4.74 Å². The van der Waals surface area contributed by atoms with Gasteiger partial charge in [0, 0.05) is 10.9 Å². The summed E-state index contributed by atoms with van der Waals surface area (Å²) >= 11 is 1.38. The summed E-state index contributed by atoms with van der Waals surface area (Å²) < 4.78 is 9.98. The van der Waals surface area contributed by atoms with E-state index in [0.29, 0.717) is 28.9 Å². The van der Waals surface area contributed by atoms with E-state index in [9.17, 15) is 4.79 Å². The fraction of sp³-hybridized carbons (Fsp3) is 0.333. The molecule has 0 aliphatic carbocycles. The third kappa shape index (κ3) is 2.87. The summed E-state index contributed by atoms with van der Waals surface area (Å²) in [5.74, 6) is 0.0408. The third-order valence-corrected chi connectivity index (χ3v) is 3.33. The fourth-order valence-electron chi connectivity index (χ4n) is 1.46. The lowest BCUT2D eigenvalue weighted by atomic mass is 10.4. The van der Waals surface area contributed by atoms with Crippen LogP contribution in [0.25, 0.3) is 10.7 Å². The number of aromatic nitrogens is 3. The van der Waals surface area contributed by atoms with Crippen molar-refractivity contribution < 1.29 is 14.3 Å². The Kier molecular flexibility index (Phi) is 4.06. The molecule has 100 valence electrons. The van der Waals surface area contributed by atoms with Crippen LogP contribution >= 0.6 is 11.3 Å². The van der Waals surface area contributed by atoms with Crippen molar-refractivity contribution in [2.24, 2.45) is 0 Å². The van der Waals surface area contributed by atoms with Gasteiger partial charge in [0.05, 0.1) is 13.7 Å². The Bertz CT molecular complexity index is 598. The van der Waals surface area contributed by atoms with E-state index in [1.807, 2.05) is 6.92 Å². The Hall–Kier alpha value is -2.02. The topological polar surface area (TPSA) is 74.2 Å². The van der Waals surface area contributed by atoms with Gasteiger partial charge in [0.1, 0.15) is 17.0 Å². The number of rotatable bonds is 4. The maximum absolute atomic E-state index is 11.7. The van der Waals surface area contributed by atoms with Crippen LogP contribution in [-0.2, 0) is 4.74 Å². The average Bonchev–Trinajstić information content (AvgIpc) is 2.81. The summed E-state index contributed by atoms with van der Waals surface area (Å²) in [5, 5.41) is 0.640. The van der Waals surface area contributed by atoms with Crippen molar-refractivity contribution in [3.63, 3.8) is 0 Å². The molecule has 0 radical (unpaired) electrons. The van der Waals surface area contributed by atoms with Crippen molar-refractivity contribution in [2.45, 2.75) is 13.8 Å². The molecular weight excluding hydrogens is 266 g/mol. The third-order valence-electron chi connectivity index (χ3n) is 2.34. The van der Waals surface area contributed by atoms with Gasteiger partial charge in [0.25, 0.3) is 0 Å². The van der Waals surface area contributed by atoms with Crippen molar-refractivity contribution in [1.82, 2.24) is 15.0 Å². The molecule has 7 heteroatoms. The number of carbonyl (C=O) groups is 1.